The predicted octanol–water partition coefficient (Wildman–Crippen LogP) is 5.74. The number of fused-ring (bicyclic) bond motifs is 1. The van der Waals surface area contributed by atoms with E-state index in [1.54, 1.807) is 12.1 Å². The van der Waals surface area contributed by atoms with Crippen LogP contribution in [0.15, 0.2) is 72.8 Å². The molecule has 0 saturated carbocycles. The largest absolute Gasteiger partial charge is 0.469 e. The van der Waals surface area contributed by atoms with Crippen LogP contribution in [0.4, 0.5) is 4.39 Å². The maximum Gasteiger partial charge on any atom is 0.311 e. The lowest BCUT2D eigenvalue weighted by atomic mass is 9.75. The normalized spacial score (nSPS) is 17.4. The first kappa shape index (κ1) is 23.0. The van der Waals surface area contributed by atoms with Gasteiger partial charge < -0.3 is 4.74 Å². The Bertz CT molecular complexity index is 1450. The number of benzene rings is 2. The van der Waals surface area contributed by atoms with Gasteiger partial charge in [-0.3, -0.25) is 9.69 Å². The van der Waals surface area contributed by atoms with E-state index >= 15 is 4.39 Å². The van der Waals surface area contributed by atoms with E-state index in [9.17, 15) is 4.79 Å². The van der Waals surface area contributed by atoms with E-state index in [2.05, 4.69) is 47.4 Å². The van der Waals surface area contributed by atoms with Crippen molar-refractivity contribution in [2.75, 3.05) is 20.2 Å². The standard InChI is InChI=1S/C29H26FN3O2S/c1-35-28(34)20-17-33(18-20)16-19-9-10-22(23(30)15-19)26-31-24-11-12-25(32-27(24)36-26)29(13-5-6-14-29)21-7-3-2-4-8-21/h2-12,15,20H,13-14,16-18H2,1H3. The lowest BCUT2D eigenvalue weighted by Crippen LogP contribution is -2.49. The highest BCUT2D eigenvalue weighted by Crippen LogP contribution is 2.43. The minimum absolute atomic E-state index is 0.0831. The Hall–Kier alpha value is -3.42. The molecule has 0 amide bonds. The fourth-order valence-corrected chi connectivity index (χ4v) is 6.27. The summed E-state index contributed by atoms with van der Waals surface area (Å²) < 4.78 is 19.9. The first-order valence-electron chi connectivity index (χ1n) is 12.1. The number of carbonyl (C=O) groups is 1. The van der Waals surface area contributed by atoms with Crippen LogP contribution < -0.4 is 0 Å². The highest BCUT2D eigenvalue weighted by atomic mass is 32.1. The highest BCUT2D eigenvalue weighted by molar-refractivity contribution is 7.21. The van der Waals surface area contributed by atoms with Crippen LogP contribution in [0.3, 0.4) is 0 Å². The third-order valence-corrected chi connectivity index (χ3v) is 8.33. The molecule has 0 spiro atoms. The second kappa shape index (κ2) is 9.22. The predicted molar refractivity (Wildman–Crippen MR) is 139 cm³/mol. The molecule has 4 aromatic rings. The second-order valence-corrected chi connectivity index (χ2v) is 10.6. The number of carbonyl (C=O) groups excluding carboxylic acids is 1. The van der Waals surface area contributed by atoms with Gasteiger partial charge in [0.05, 0.1) is 18.7 Å². The maximum absolute atomic E-state index is 15.1. The maximum atomic E-state index is 15.1. The van der Waals surface area contributed by atoms with Crippen molar-refractivity contribution in [3.8, 4) is 10.6 Å². The molecule has 0 unspecified atom stereocenters. The summed E-state index contributed by atoms with van der Waals surface area (Å²) in [5.74, 6) is -0.558. The minimum atomic E-state index is -0.294. The molecule has 1 aliphatic heterocycles. The summed E-state index contributed by atoms with van der Waals surface area (Å²) in [7, 11) is 1.41. The van der Waals surface area contributed by atoms with Gasteiger partial charge in [0.1, 0.15) is 21.2 Å². The van der Waals surface area contributed by atoms with Crippen LogP contribution in [0, 0.1) is 11.7 Å². The van der Waals surface area contributed by atoms with Gasteiger partial charge in [0.25, 0.3) is 0 Å². The molecule has 36 heavy (non-hydrogen) atoms. The molecule has 0 radical (unpaired) electrons. The zero-order chi connectivity index (χ0) is 24.7. The van der Waals surface area contributed by atoms with Crippen LogP contribution in [-0.4, -0.2) is 41.0 Å². The number of rotatable bonds is 6. The second-order valence-electron chi connectivity index (χ2n) is 9.60. The molecule has 1 saturated heterocycles. The molecule has 0 atom stereocenters. The highest BCUT2D eigenvalue weighted by Gasteiger charge is 2.36. The van der Waals surface area contributed by atoms with Crippen molar-refractivity contribution in [3.63, 3.8) is 0 Å². The van der Waals surface area contributed by atoms with E-state index in [4.69, 9.17) is 14.7 Å². The summed E-state index contributed by atoms with van der Waals surface area (Å²) in [6.07, 6.45) is 6.27. The number of methoxy groups -OCH3 is 1. The molecular formula is C29H26FN3O2S. The Labute approximate surface area is 213 Å². The quantitative estimate of drug-likeness (QED) is 0.250. The van der Waals surface area contributed by atoms with Gasteiger partial charge >= 0.3 is 5.97 Å². The molecule has 2 aromatic carbocycles. The molecule has 1 aliphatic carbocycles. The number of hydrogen-bond donors (Lipinski definition) is 0. The molecule has 3 heterocycles. The van der Waals surface area contributed by atoms with Crippen LogP contribution in [-0.2, 0) is 21.5 Å². The third-order valence-electron chi connectivity index (χ3n) is 7.33. The molecule has 2 aromatic heterocycles. The Kier molecular flexibility index (Phi) is 5.90. The van der Waals surface area contributed by atoms with E-state index in [1.165, 1.54) is 24.0 Å². The zero-order valence-electron chi connectivity index (χ0n) is 20.0. The summed E-state index contributed by atoms with van der Waals surface area (Å²) >= 11 is 1.43. The number of aromatic nitrogens is 2. The number of halogens is 1. The van der Waals surface area contributed by atoms with Gasteiger partial charge in [0.15, 0.2) is 0 Å². The van der Waals surface area contributed by atoms with Crippen molar-refractivity contribution in [1.29, 1.82) is 0 Å². The van der Waals surface area contributed by atoms with Gasteiger partial charge in [0, 0.05) is 30.6 Å². The SMILES string of the molecule is COC(=O)C1CN(Cc2ccc(-c3nc4ccc(C5(c6ccccc6)CC=CC5)nc4s3)c(F)c2)C1. The van der Waals surface area contributed by atoms with Crippen LogP contribution in [0.2, 0.25) is 0 Å². The first-order valence-corrected chi connectivity index (χ1v) is 12.9. The lowest BCUT2D eigenvalue weighted by molar-refractivity contribution is -0.151. The molecule has 0 N–H and O–H groups in total. The van der Waals surface area contributed by atoms with Gasteiger partial charge in [-0.25, -0.2) is 14.4 Å². The van der Waals surface area contributed by atoms with Gasteiger partial charge in [-0.15, -0.1) is 0 Å². The number of hydrogen-bond acceptors (Lipinski definition) is 6. The lowest BCUT2D eigenvalue weighted by Gasteiger charge is -2.37. The molecule has 5 nitrogen and oxygen atoms in total. The number of allylic oxidation sites excluding steroid dienone is 2. The third kappa shape index (κ3) is 4.02. The van der Waals surface area contributed by atoms with E-state index in [1.807, 2.05) is 18.2 Å². The topological polar surface area (TPSA) is 55.3 Å². The van der Waals surface area contributed by atoms with E-state index < -0.39 is 0 Å². The number of ether oxygens (including phenoxy) is 1. The van der Waals surface area contributed by atoms with E-state index in [0.29, 0.717) is 30.2 Å². The Morgan fingerprint density at radius 1 is 1.08 bits per heavy atom. The molecular weight excluding hydrogens is 473 g/mol. The van der Waals surface area contributed by atoms with E-state index in [0.717, 1.165) is 34.4 Å². The monoisotopic (exact) mass is 499 g/mol. The fourth-order valence-electron chi connectivity index (χ4n) is 5.30. The van der Waals surface area contributed by atoms with Crippen molar-refractivity contribution in [1.82, 2.24) is 14.9 Å². The molecule has 6 rings (SSSR count). The van der Waals surface area contributed by atoms with Crippen molar-refractivity contribution in [2.45, 2.75) is 24.8 Å². The fraction of sp³-hybridized carbons (Fsp3) is 0.276. The van der Waals surface area contributed by atoms with Gasteiger partial charge in [-0.05, 0) is 48.2 Å². The molecule has 1 fully saturated rings. The summed E-state index contributed by atoms with van der Waals surface area (Å²) in [5.41, 5.74) is 4.26. The zero-order valence-corrected chi connectivity index (χ0v) is 20.8. The Morgan fingerprint density at radius 2 is 1.86 bits per heavy atom. The molecule has 182 valence electrons. The van der Waals surface area contributed by atoms with Crippen LogP contribution in [0.5, 0.6) is 0 Å². The van der Waals surface area contributed by atoms with Crippen molar-refractivity contribution in [2.24, 2.45) is 5.92 Å². The first-order chi connectivity index (χ1) is 17.6. The van der Waals surface area contributed by atoms with Crippen molar-refractivity contribution in [3.05, 3.63) is 95.5 Å². The number of likely N-dealkylation sites (tertiary alicyclic amines) is 1. The Balaban J connectivity index is 1.25. The molecule has 7 heteroatoms. The average Bonchev–Trinajstić information content (AvgIpc) is 3.54. The number of thiazole rings is 1. The van der Waals surface area contributed by atoms with Crippen LogP contribution in [0.25, 0.3) is 20.9 Å². The summed E-state index contributed by atoms with van der Waals surface area (Å²) in [6.45, 7) is 1.88. The summed E-state index contributed by atoms with van der Waals surface area (Å²) in [4.78, 5) is 24.3. The molecule has 0 bridgehead atoms. The van der Waals surface area contributed by atoms with Gasteiger partial charge in [-0.2, -0.15) is 0 Å². The molecule has 2 aliphatic rings. The van der Waals surface area contributed by atoms with E-state index in [-0.39, 0.29) is 23.1 Å². The number of pyridine rings is 1. The van der Waals surface area contributed by atoms with Crippen LogP contribution in [0.1, 0.15) is 29.7 Å². The smallest absolute Gasteiger partial charge is 0.311 e. The number of nitrogens with zero attached hydrogens (tertiary/aromatic N) is 3. The van der Waals surface area contributed by atoms with Gasteiger partial charge in [0.2, 0.25) is 0 Å². The van der Waals surface area contributed by atoms with Gasteiger partial charge in [-0.1, -0.05) is 59.9 Å². The van der Waals surface area contributed by atoms with Crippen molar-refractivity contribution < 1.29 is 13.9 Å². The van der Waals surface area contributed by atoms with Crippen molar-refractivity contribution >= 4 is 27.7 Å². The summed E-state index contributed by atoms with van der Waals surface area (Å²) in [5, 5.41) is 0.631. The summed E-state index contributed by atoms with van der Waals surface area (Å²) in [6, 6.07) is 19.9. The van der Waals surface area contributed by atoms with Crippen LogP contribution >= 0.6 is 11.3 Å². The number of esters is 1. The minimum Gasteiger partial charge on any atom is -0.469 e. The average molecular weight is 500 g/mol. The Morgan fingerprint density at radius 3 is 2.58 bits per heavy atom.